The van der Waals surface area contributed by atoms with Crippen LogP contribution >= 0.6 is 11.6 Å². The molecular formula is C26H22ClN3O2. The second-order valence-electron chi connectivity index (χ2n) is 8.20. The number of carbonyl (C=O) groups is 2. The van der Waals surface area contributed by atoms with E-state index < -0.39 is 0 Å². The molecular weight excluding hydrogens is 422 g/mol. The molecule has 3 aromatic rings. The topological polar surface area (TPSA) is 63.2 Å². The van der Waals surface area contributed by atoms with E-state index in [0.717, 1.165) is 40.8 Å². The fraction of sp³-hybridized carbons (Fsp3) is 0.231. The van der Waals surface area contributed by atoms with Gasteiger partial charge in [0.15, 0.2) is 5.78 Å². The van der Waals surface area contributed by atoms with Crippen LogP contribution in [0.4, 0.5) is 0 Å². The van der Waals surface area contributed by atoms with Crippen molar-refractivity contribution in [3.8, 4) is 0 Å². The highest BCUT2D eigenvalue weighted by Gasteiger charge is 2.29. The van der Waals surface area contributed by atoms with Crippen LogP contribution in [-0.2, 0) is 17.6 Å². The molecule has 3 heterocycles. The summed E-state index contributed by atoms with van der Waals surface area (Å²) in [6.07, 6.45) is 7.35. The SMILES string of the molecule is O=C1Cc2cc(Cl)ccc2C(=C2CCN(C(=O)Cc3cccnc3)CC2)c2ncccc21. The molecule has 6 heteroatoms. The Bertz CT molecular complexity index is 1230. The molecule has 5 rings (SSSR count). The highest BCUT2D eigenvalue weighted by Crippen LogP contribution is 2.38. The lowest BCUT2D eigenvalue weighted by atomic mass is 9.88. The quantitative estimate of drug-likeness (QED) is 0.583. The Balaban J connectivity index is 1.48. The van der Waals surface area contributed by atoms with Crippen LogP contribution in [0.2, 0.25) is 5.02 Å². The zero-order valence-corrected chi connectivity index (χ0v) is 18.3. The molecule has 0 saturated carbocycles. The number of fused-ring (bicyclic) bond motifs is 2. The van der Waals surface area contributed by atoms with Crippen molar-refractivity contribution in [1.82, 2.24) is 14.9 Å². The summed E-state index contributed by atoms with van der Waals surface area (Å²) in [4.78, 5) is 36.4. The molecule has 0 N–H and O–H groups in total. The molecule has 0 bridgehead atoms. The average molecular weight is 444 g/mol. The second kappa shape index (κ2) is 8.67. The van der Waals surface area contributed by atoms with Crippen molar-refractivity contribution in [3.63, 3.8) is 0 Å². The third-order valence-electron chi connectivity index (χ3n) is 6.18. The molecule has 0 atom stereocenters. The van der Waals surface area contributed by atoms with E-state index in [1.54, 1.807) is 18.6 Å². The van der Waals surface area contributed by atoms with E-state index >= 15 is 0 Å². The van der Waals surface area contributed by atoms with Gasteiger partial charge in [-0.2, -0.15) is 0 Å². The molecule has 5 nitrogen and oxygen atoms in total. The first kappa shape index (κ1) is 20.6. The summed E-state index contributed by atoms with van der Waals surface area (Å²) < 4.78 is 0. The number of hydrogen-bond donors (Lipinski definition) is 0. The van der Waals surface area contributed by atoms with E-state index in [0.29, 0.717) is 36.5 Å². The van der Waals surface area contributed by atoms with Crippen LogP contribution in [0.3, 0.4) is 0 Å². The summed E-state index contributed by atoms with van der Waals surface area (Å²) in [6.45, 7) is 1.30. The number of likely N-dealkylation sites (tertiary alicyclic amines) is 1. The summed E-state index contributed by atoms with van der Waals surface area (Å²) in [5.41, 5.74) is 6.52. The maximum atomic E-state index is 13.0. The predicted molar refractivity (Wildman–Crippen MR) is 124 cm³/mol. The molecule has 1 aliphatic carbocycles. The Morgan fingerprint density at radius 3 is 2.62 bits per heavy atom. The number of carbonyl (C=O) groups excluding carboxylic acids is 2. The average Bonchev–Trinajstić information content (AvgIpc) is 2.93. The van der Waals surface area contributed by atoms with Crippen LogP contribution in [0.25, 0.3) is 5.57 Å². The molecule has 0 spiro atoms. The van der Waals surface area contributed by atoms with Crippen LogP contribution in [-0.4, -0.2) is 39.6 Å². The van der Waals surface area contributed by atoms with Crippen molar-refractivity contribution in [2.75, 3.05) is 13.1 Å². The highest BCUT2D eigenvalue weighted by molar-refractivity contribution is 6.30. The van der Waals surface area contributed by atoms with Crippen LogP contribution in [0.1, 0.15) is 45.6 Å². The van der Waals surface area contributed by atoms with Crippen molar-refractivity contribution in [2.24, 2.45) is 0 Å². The molecule has 1 aliphatic heterocycles. The molecule has 1 saturated heterocycles. The molecule has 0 unspecified atom stereocenters. The number of nitrogens with zero attached hydrogens (tertiary/aromatic N) is 3. The Morgan fingerprint density at radius 2 is 1.84 bits per heavy atom. The van der Waals surface area contributed by atoms with Crippen LogP contribution in [0.15, 0.2) is 66.6 Å². The lowest BCUT2D eigenvalue weighted by Crippen LogP contribution is -2.37. The maximum Gasteiger partial charge on any atom is 0.227 e. The van der Waals surface area contributed by atoms with Crippen molar-refractivity contribution in [1.29, 1.82) is 0 Å². The highest BCUT2D eigenvalue weighted by atomic mass is 35.5. The monoisotopic (exact) mass is 443 g/mol. The number of hydrogen-bond acceptors (Lipinski definition) is 4. The minimum Gasteiger partial charge on any atom is -0.342 e. The van der Waals surface area contributed by atoms with Gasteiger partial charge in [0.1, 0.15) is 0 Å². The minimum absolute atomic E-state index is 0.0521. The largest absolute Gasteiger partial charge is 0.342 e. The Hall–Kier alpha value is -3.31. The van der Waals surface area contributed by atoms with Gasteiger partial charge >= 0.3 is 0 Å². The van der Waals surface area contributed by atoms with Crippen molar-refractivity contribution >= 4 is 28.9 Å². The lowest BCUT2D eigenvalue weighted by molar-refractivity contribution is -0.130. The first-order valence-corrected chi connectivity index (χ1v) is 11.1. The number of halogens is 1. The Labute approximate surface area is 191 Å². The van der Waals surface area contributed by atoms with Crippen LogP contribution < -0.4 is 0 Å². The lowest BCUT2D eigenvalue weighted by Gasteiger charge is -2.30. The van der Waals surface area contributed by atoms with Crippen LogP contribution in [0, 0.1) is 0 Å². The number of ketones is 1. The zero-order chi connectivity index (χ0) is 22.1. The standard InChI is InChI=1S/C26H22ClN3O2/c27-20-5-6-21-19(14-20)15-23(31)22-4-2-10-29-26(22)25(21)18-7-11-30(12-8-18)24(32)13-17-3-1-9-28-16-17/h1-6,9-10,14,16H,7-8,11-13,15H2. The van der Waals surface area contributed by atoms with Gasteiger partial charge in [-0.3, -0.25) is 19.6 Å². The van der Waals surface area contributed by atoms with Gasteiger partial charge in [-0.05, 0) is 59.9 Å². The molecule has 1 amide bonds. The number of rotatable bonds is 2. The van der Waals surface area contributed by atoms with E-state index in [-0.39, 0.29) is 11.7 Å². The van der Waals surface area contributed by atoms with Crippen molar-refractivity contribution < 1.29 is 9.59 Å². The van der Waals surface area contributed by atoms with E-state index in [4.69, 9.17) is 11.6 Å². The Kier molecular flexibility index (Phi) is 5.58. The van der Waals surface area contributed by atoms with E-state index in [2.05, 4.69) is 9.97 Å². The molecule has 0 radical (unpaired) electrons. The van der Waals surface area contributed by atoms with Gasteiger partial charge in [0, 0.05) is 54.3 Å². The van der Waals surface area contributed by atoms with Crippen LogP contribution in [0.5, 0.6) is 0 Å². The first-order chi connectivity index (χ1) is 15.6. The number of pyridine rings is 2. The number of benzene rings is 1. The molecule has 32 heavy (non-hydrogen) atoms. The smallest absolute Gasteiger partial charge is 0.227 e. The van der Waals surface area contributed by atoms with Crippen molar-refractivity contribution in [2.45, 2.75) is 25.7 Å². The molecule has 2 aliphatic rings. The van der Waals surface area contributed by atoms with Gasteiger partial charge < -0.3 is 4.90 Å². The summed E-state index contributed by atoms with van der Waals surface area (Å²) in [5.74, 6) is 0.167. The number of Topliss-reactive ketones (excluding diaryl/α,β-unsaturated/α-hetero) is 1. The van der Waals surface area contributed by atoms with Gasteiger partial charge in [-0.1, -0.05) is 29.3 Å². The normalized spacial score (nSPS) is 15.8. The van der Waals surface area contributed by atoms with Gasteiger partial charge in [-0.15, -0.1) is 0 Å². The number of piperidine rings is 1. The van der Waals surface area contributed by atoms with Crippen molar-refractivity contribution in [3.05, 3.63) is 99.6 Å². The minimum atomic E-state index is 0.0521. The summed E-state index contributed by atoms with van der Waals surface area (Å²) >= 11 is 6.25. The third-order valence-corrected chi connectivity index (χ3v) is 6.42. The number of amides is 1. The fourth-order valence-electron chi connectivity index (χ4n) is 4.60. The molecule has 2 aromatic heterocycles. The zero-order valence-electron chi connectivity index (χ0n) is 17.6. The van der Waals surface area contributed by atoms with E-state index in [9.17, 15) is 9.59 Å². The van der Waals surface area contributed by atoms with Gasteiger partial charge in [0.2, 0.25) is 5.91 Å². The molecule has 160 valence electrons. The molecule has 1 aromatic carbocycles. The summed E-state index contributed by atoms with van der Waals surface area (Å²) in [6, 6.07) is 13.2. The molecule has 1 fully saturated rings. The summed E-state index contributed by atoms with van der Waals surface area (Å²) in [5, 5.41) is 0.621. The summed E-state index contributed by atoms with van der Waals surface area (Å²) in [7, 11) is 0. The Morgan fingerprint density at radius 1 is 1.03 bits per heavy atom. The maximum absolute atomic E-state index is 13.0. The predicted octanol–water partition coefficient (Wildman–Crippen LogP) is 4.54. The van der Waals surface area contributed by atoms with Gasteiger partial charge in [0.25, 0.3) is 0 Å². The van der Waals surface area contributed by atoms with Gasteiger partial charge in [0.05, 0.1) is 12.1 Å². The second-order valence-corrected chi connectivity index (χ2v) is 8.63. The number of aromatic nitrogens is 2. The van der Waals surface area contributed by atoms with E-state index in [1.807, 2.05) is 47.4 Å². The first-order valence-electron chi connectivity index (χ1n) is 10.8. The van der Waals surface area contributed by atoms with Gasteiger partial charge in [-0.25, -0.2) is 0 Å². The third kappa shape index (κ3) is 3.96. The van der Waals surface area contributed by atoms with E-state index in [1.165, 1.54) is 5.57 Å². The fourth-order valence-corrected chi connectivity index (χ4v) is 4.80.